The fraction of sp³-hybridized carbons (Fsp3) is 0.421. The molecule has 1 atom stereocenters. The molecule has 4 N–H and O–H groups in total. The van der Waals surface area contributed by atoms with Crippen molar-refractivity contribution in [3.8, 4) is 5.75 Å². The van der Waals surface area contributed by atoms with Crippen LogP contribution in [-0.4, -0.2) is 45.8 Å². The van der Waals surface area contributed by atoms with Crippen molar-refractivity contribution in [3.05, 3.63) is 44.5 Å². The molecule has 9 nitrogen and oxygen atoms in total. The van der Waals surface area contributed by atoms with Crippen molar-refractivity contribution in [2.24, 2.45) is 7.05 Å². The molecule has 152 valence electrons. The van der Waals surface area contributed by atoms with Gasteiger partial charge in [-0.2, -0.15) is 0 Å². The average Bonchev–Trinajstić information content (AvgIpc) is 2.63. The maximum absolute atomic E-state index is 12.6. The van der Waals surface area contributed by atoms with Crippen molar-refractivity contribution >= 4 is 23.0 Å². The molecule has 0 aliphatic carbocycles. The first kappa shape index (κ1) is 21.1. The largest absolute Gasteiger partial charge is 0.505 e. The van der Waals surface area contributed by atoms with Gasteiger partial charge in [-0.15, -0.1) is 0 Å². The molecular formula is C19H27N5O4. The predicted molar refractivity (Wildman–Crippen MR) is 110 cm³/mol. The van der Waals surface area contributed by atoms with Crippen LogP contribution in [0.25, 0.3) is 0 Å². The summed E-state index contributed by atoms with van der Waals surface area (Å²) in [5.41, 5.74) is -0.615. The number of aromatic nitrogens is 2. The molecule has 0 spiro atoms. The Morgan fingerprint density at radius 3 is 2.57 bits per heavy atom. The molecule has 28 heavy (non-hydrogen) atoms. The Balaban J connectivity index is 2.54. The number of para-hydroxylation sites is 1. The van der Waals surface area contributed by atoms with Gasteiger partial charge in [0.1, 0.15) is 11.4 Å². The number of aromatic amines is 1. The van der Waals surface area contributed by atoms with Crippen molar-refractivity contribution in [2.75, 3.05) is 24.7 Å². The predicted octanol–water partition coefficient (Wildman–Crippen LogP) is 1.83. The van der Waals surface area contributed by atoms with E-state index in [-0.39, 0.29) is 40.3 Å². The molecule has 2 aromatic rings. The number of anilines is 3. The number of nitrogens with zero attached hydrogens (tertiary/aromatic N) is 2. The number of phenolic OH excluding ortho intramolecular Hbond substituents is 1. The van der Waals surface area contributed by atoms with Crippen LogP contribution in [0.3, 0.4) is 0 Å². The van der Waals surface area contributed by atoms with Crippen molar-refractivity contribution < 1.29 is 9.90 Å². The smallest absolute Gasteiger partial charge is 0.290 e. The Morgan fingerprint density at radius 2 is 1.96 bits per heavy atom. The summed E-state index contributed by atoms with van der Waals surface area (Å²) in [6.45, 7) is 3.94. The first-order valence-electron chi connectivity index (χ1n) is 9.07. The summed E-state index contributed by atoms with van der Waals surface area (Å²) in [5, 5.41) is 18.9. The molecule has 1 unspecified atom stereocenters. The highest BCUT2D eigenvalue weighted by atomic mass is 16.3. The van der Waals surface area contributed by atoms with Gasteiger partial charge < -0.3 is 20.6 Å². The van der Waals surface area contributed by atoms with E-state index in [1.165, 1.54) is 24.1 Å². The third-order valence-corrected chi connectivity index (χ3v) is 4.31. The number of H-pyrrole nitrogens is 1. The molecule has 1 aromatic heterocycles. The van der Waals surface area contributed by atoms with Gasteiger partial charge in [-0.3, -0.25) is 24.2 Å². The first-order chi connectivity index (χ1) is 13.2. The fourth-order valence-corrected chi connectivity index (χ4v) is 2.84. The van der Waals surface area contributed by atoms with Crippen molar-refractivity contribution in [2.45, 2.75) is 32.7 Å². The summed E-state index contributed by atoms with van der Waals surface area (Å²) >= 11 is 0. The van der Waals surface area contributed by atoms with Crippen LogP contribution in [-0.2, 0) is 7.05 Å². The lowest BCUT2D eigenvalue weighted by atomic mass is 10.1. The van der Waals surface area contributed by atoms with Crippen molar-refractivity contribution in [1.82, 2.24) is 14.7 Å². The third kappa shape index (κ3) is 4.36. The SMILES string of the molecule is CCCC(C)Nc1c(Nc2cccc(C(=O)N(C)C)c2O)c(=O)[nH]n(C)c1=O. The van der Waals surface area contributed by atoms with Crippen LogP contribution < -0.4 is 21.8 Å². The number of nitrogens with one attached hydrogen (secondary N) is 3. The fourth-order valence-electron chi connectivity index (χ4n) is 2.84. The Bertz CT molecular complexity index is 977. The summed E-state index contributed by atoms with van der Waals surface area (Å²) in [7, 11) is 4.60. The highest BCUT2D eigenvalue weighted by Gasteiger charge is 2.20. The lowest BCUT2D eigenvalue weighted by Gasteiger charge is -2.19. The molecule has 1 heterocycles. The van der Waals surface area contributed by atoms with Crippen LogP contribution in [0.1, 0.15) is 37.0 Å². The minimum absolute atomic E-state index is 0.0178. The van der Waals surface area contributed by atoms with Gasteiger partial charge >= 0.3 is 0 Å². The van der Waals surface area contributed by atoms with E-state index in [0.29, 0.717) is 0 Å². The number of benzene rings is 1. The monoisotopic (exact) mass is 389 g/mol. The first-order valence-corrected chi connectivity index (χ1v) is 9.07. The van der Waals surface area contributed by atoms with Crippen molar-refractivity contribution in [3.63, 3.8) is 0 Å². The van der Waals surface area contributed by atoms with Gasteiger partial charge in [0.15, 0.2) is 5.75 Å². The van der Waals surface area contributed by atoms with E-state index in [1.807, 2.05) is 13.8 Å². The summed E-state index contributed by atoms with van der Waals surface area (Å²) in [4.78, 5) is 38.7. The van der Waals surface area contributed by atoms with Crippen LogP contribution in [0.15, 0.2) is 27.8 Å². The lowest BCUT2D eigenvalue weighted by Crippen LogP contribution is -2.33. The van der Waals surface area contributed by atoms with Gasteiger partial charge in [0.25, 0.3) is 17.0 Å². The Labute approximate surface area is 163 Å². The molecule has 1 amide bonds. The highest BCUT2D eigenvalue weighted by molar-refractivity contribution is 5.98. The van der Waals surface area contributed by atoms with E-state index in [2.05, 4.69) is 15.7 Å². The van der Waals surface area contributed by atoms with Crippen LogP contribution in [0.5, 0.6) is 5.75 Å². The molecule has 0 aliphatic heterocycles. The standard InChI is InChI=1S/C19H27N5O4/c1-6-8-11(2)20-15-14(17(26)22-24(5)19(15)28)21-13-10-7-9-12(16(13)25)18(27)23(3)4/h7,9-11,20-21,25H,6,8H2,1-5H3,(H,22,26). The average molecular weight is 389 g/mol. The van der Waals surface area contributed by atoms with E-state index in [4.69, 9.17) is 0 Å². The number of rotatable bonds is 7. The minimum Gasteiger partial charge on any atom is -0.505 e. The number of carbonyl (C=O) groups excluding carboxylic acids is 1. The number of hydrogen-bond donors (Lipinski definition) is 4. The van der Waals surface area contributed by atoms with Crippen LogP contribution in [0.4, 0.5) is 17.1 Å². The molecule has 1 aromatic carbocycles. The number of aromatic hydroxyl groups is 1. The summed E-state index contributed by atoms with van der Waals surface area (Å²) in [5.74, 6) is -0.678. The van der Waals surface area contributed by atoms with Crippen LogP contribution in [0.2, 0.25) is 0 Å². The summed E-state index contributed by atoms with van der Waals surface area (Å²) < 4.78 is 1.10. The number of hydrogen-bond acceptors (Lipinski definition) is 6. The van der Waals surface area contributed by atoms with E-state index in [9.17, 15) is 19.5 Å². The van der Waals surface area contributed by atoms with E-state index < -0.39 is 11.1 Å². The molecule has 9 heteroatoms. The Kier molecular flexibility index (Phi) is 6.50. The second-order valence-corrected chi connectivity index (χ2v) is 6.92. The maximum Gasteiger partial charge on any atom is 0.290 e. The van der Waals surface area contributed by atoms with Gasteiger partial charge in [0.2, 0.25) is 0 Å². The highest BCUT2D eigenvalue weighted by Crippen LogP contribution is 2.31. The molecule has 0 saturated carbocycles. The van der Waals surface area contributed by atoms with E-state index in [0.717, 1.165) is 17.5 Å². The second-order valence-electron chi connectivity index (χ2n) is 6.92. The quantitative estimate of drug-likeness (QED) is 0.536. The number of aryl methyl sites for hydroxylation is 1. The van der Waals surface area contributed by atoms with E-state index >= 15 is 0 Å². The van der Waals surface area contributed by atoms with Crippen molar-refractivity contribution in [1.29, 1.82) is 0 Å². The molecule has 0 radical (unpaired) electrons. The molecule has 0 saturated heterocycles. The second kappa shape index (κ2) is 8.64. The third-order valence-electron chi connectivity index (χ3n) is 4.31. The number of carbonyl (C=O) groups is 1. The van der Waals surface area contributed by atoms with Gasteiger partial charge in [-0.25, -0.2) is 0 Å². The normalized spacial score (nSPS) is 11.8. The molecule has 0 bridgehead atoms. The molecular weight excluding hydrogens is 362 g/mol. The molecule has 0 fully saturated rings. The van der Waals surface area contributed by atoms with Gasteiger partial charge in [-0.1, -0.05) is 19.4 Å². The minimum atomic E-state index is -0.531. The summed E-state index contributed by atoms with van der Waals surface area (Å²) in [6.07, 6.45) is 1.73. The zero-order chi connectivity index (χ0) is 21.0. The Hall–Kier alpha value is -3.23. The van der Waals surface area contributed by atoms with Gasteiger partial charge in [0, 0.05) is 27.2 Å². The molecule has 2 rings (SSSR count). The van der Waals surface area contributed by atoms with Crippen LogP contribution in [0, 0.1) is 0 Å². The Morgan fingerprint density at radius 1 is 1.29 bits per heavy atom. The van der Waals surface area contributed by atoms with Gasteiger partial charge in [0.05, 0.1) is 11.3 Å². The number of amides is 1. The lowest BCUT2D eigenvalue weighted by molar-refractivity contribution is 0.0824. The topological polar surface area (TPSA) is 119 Å². The number of phenols is 1. The molecule has 0 aliphatic rings. The zero-order valence-electron chi connectivity index (χ0n) is 16.8. The van der Waals surface area contributed by atoms with E-state index in [1.54, 1.807) is 20.2 Å². The maximum atomic E-state index is 12.6. The van der Waals surface area contributed by atoms with Crippen LogP contribution >= 0.6 is 0 Å². The summed E-state index contributed by atoms with van der Waals surface area (Å²) in [6, 6.07) is 4.56. The zero-order valence-corrected chi connectivity index (χ0v) is 16.8. The van der Waals surface area contributed by atoms with Gasteiger partial charge in [-0.05, 0) is 25.5 Å².